The van der Waals surface area contributed by atoms with E-state index in [1.165, 1.54) is 26.1 Å². The summed E-state index contributed by atoms with van der Waals surface area (Å²) in [5, 5.41) is 3.19. The van der Waals surface area contributed by atoms with Crippen LogP contribution in [0, 0.1) is 5.92 Å². The summed E-state index contributed by atoms with van der Waals surface area (Å²) in [5.74, 6) is 0.762. The maximum Gasteiger partial charge on any atom is 0.0826 e. The number of rotatable bonds is 8. The van der Waals surface area contributed by atoms with Crippen LogP contribution in [-0.4, -0.2) is 75.9 Å². The molecule has 0 aromatic heterocycles. The van der Waals surface area contributed by atoms with Crippen molar-refractivity contribution < 1.29 is 4.74 Å². The second-order valence-electron chi connectivity index (χ2n) is 5.86. The van der Waals surface area contributed by atoms with Crippen molar-refractivity contribution in [3.8, 4) is 0 Å². The molecule has 1 aliphatic rings. The molecule has 0 aromatic carbocycles. The molecule has 1 rings (SSSR count). The van der Waals surface area contributed by atoms with Crippen LogP contribution in [0.5, 0.6) is 0 Å². The maximum atomic E-state index is 5.71. The van der Waals surface area contributed by atoms with Gasteiger partial charge in [-0.2, -0.15) is 0 Å². The lowest BCUT2D eigenvalue weighted by molar-refractivity contribution is -0.0269. The molecule has 1 heterocycles. The van der Waals surface area contributed by atoms with E-state index in [4.69, 9.17) is 4.74 Å². The van der Waals surface area contributed by atoms with E-state index in [-0.39, 0.29) is 0 Å². The van der Waals surface area contributed by atoms with E-state index in [2.05, 4.69) is 36.0 Å². The fourth-order valence-electron chi connectivity index (χ4n) is 2.61. The summed E-state index contributed by atoms with van der Waals surface area (Å²) in [6, 6.07) is 0. The summed E-state index contributed by atoms with van der Waals surface area (Å²) >= 11 is 0. The van der Waals surface area contributed by atoms with Gasteiger partial charge >= 0.3 is 0 Å². The van der Waals surface area contributed by atoms with E-state index in [0.717, 1.165) is 32.2 Å². The zero-order chi connectivity index (χ0) is 13.4. The molecule has 1 fully saturated rings. The lowest BCUT2D eigenvalue weighted by atomic mass is 10.2. The van der Waals surface area contributed by atoms with Crippen LogP contribution >= 0.6 is 0 Å². The van der Waals surface area contributed by atoms with Gasteiger partial charge in [0, 0.05) is 26.2 Å². The third-order valence-electron chi connectivity index (χ3n) is 3.35. The minimum Gasteiger partial charge on any atom is -0.374 e. The maximum absolute atomic E-state index is 5.71. The normalized spacial score (nSPS) is 22.0. The molecule has 0 aromatic rings. The highest BCUT2D eigenvalue weighted by molar-refractivity contribution is 4.73. The summed E-state index contributed by atoms with van der Waals surface area (Å²) in [7, 11) is 4.21. The van der Waals surface area contributed by atoms with Gasteiger partial charge in [0.2, 0.25) is 0 Å². The molecule has 4 heteroatoms. The van der Waals surface area contributed by atoms with Crippen molar-refractivity contribution in [2.24, 2.45) is 5.92 Å². The van der Waals surface area contributed by atoms with Crippen LogP contribution < -0.4 is 5.32 Å². The Kier molecular flexibility index (Phi) is 7.82. The zero-order valence-electron chi connectivity index (χ0n) is 12.6. The summed E-state index contributed by atoms with van der Waals surface area (Å²) in [4.78, 5) is 4.98. The first-order valence-electron chi connectivity index (χ1n) is 7.29. The lowest BCUT2D eigenvalue weighted by Gasteiger charge is -2.33. The molecule has 0 radical (unpaired) electrons. The molecule has 0 spiro atoms. The number of ether oxygens (including phenoxy) is 1. The Morgan fingerprint density at radius 1 is 1.44 bits per heavy atom. The third kappa shape index (κ3) is 6.69. The van der Waals surface area contributed by atoms with Crippen molar-refractivity contribution in [3.63, 3.8) is 0 Å². The number of nitrogens with zero attached hydrogens (tertiary/aromatic N) is 2. The molecule has 18 heavy (non-hydrogen) atoms. The minimum atomic E-state index is 0.372. The second-order valence-corrected chi connectivity index (χ2v) is 5.86. The van der Waals surface area contributed by atoms with Gasteiger partial charge in [-0.25, -0.2) is 0 Å². The van der Waals surface area contributed by atoms with Gasteiger partial charge < -0.3 is 15.0 Å². The molecular formula is C14H31N3O. The van der Waals surface area contributed by atoms with E-state index < -0.39 is 0 Å². The van der Waals surface area contributed by atoms with Gasteiger partial charge in [-0.05, 0) is 39.5 Å². The number of morpholine rings is 1. The molecule has 0 saturated carbocycles. The van der Waals surface area contributed by atoms with Crippen molar-refractivity contribution in [1.29, 1.82) is 0 Å². The van der Waals surface area contributed by atoms with E-state index in [9.17, 15) is 0 Å². The van der Waals surface area contributed by atoms with Gasteiger partial charge in [0.15, 0.2) is 0 Å². The molecule has 4 nitrogen and oxygen atoms in total. The van der Waals surface area contributed by atoms with Crippen LogP contribution in [0.25, 0.3) is 0 Å². The number of nitrogens with one attached hydrogen (secondary N) is 1. The van der Waals surface area contributed by atoms with Crippen molar-refractivity contribution in [2.45, 2.75) is 26.4 Å². The first-order valence-corrected chi connectivity index (χ1v) is 7.29. The zero-order valence-corrected chi connectivity index (χ0v) is 12.6. The first kappa shape index (κ1) is 15.9. The topological polar surface area (TPSA) is 27.7 Å². The predicted octanol–water partition coefficient (Wildman–Crippen LogP) is 0.885. The van der Waals surface area contributed by atoms with Gasteiger partial charge in [-0.1, -0.05) is 13.8 Å². The Bertz CT molecular complexity index is 209. The molecule has 0 amide bonds. The molecule has 1 aliphatic heterocycles. The molecule has 0 unspecified atom stereocenters. The quantitative estimate of drug-likeness (QED) is 0.699. The van der Waals surface area contributed by atoms with Gasteiger partial charge in [0.1, 0.15) is 0 Å². The van der Waals surface area contributed by atoms with Crippen molar-refractivity contribution in [2.75, 3.05) is 60.0 Å². The number of hydrogen-bond donors (Lipinski definition) is 1. The Balaban J connectivity index is 2.11. The molecular weight excluding hydrogens is 226 g/mol. The van der Waals surface area contributed by atoms with Gasteiger partial charge in [-0.15, -0.1) is 0 Å². The largest absolute Gasteiger partial charge is 0.374 e. The van der Waals surface area contributed by atoms with Crippen LogP contribution in [0.15, 0.2) is 0 Å². The van der Waals surface area contributed by atoms with Gasteiger partial charge in [0.25, 0.3) is 0 Å². The van der Waals surface area contributed by atoms with Crippen LogP contribution in [0.3, 0.4) is 0 Å². The minimum absolute atomic E-state index is 0.372. The van der Waals surface area contributed by atoms with E-state index in [1.54, 1.807) is 0 Å². The molecule has 108 valence electrons. The predicted molar refractivity (Wildman–Crippen MR) is 77.1 cm³/mol. The van der Waals surface area contributed by atoms with Crippen LogP contribution in [0.2, 0.25) is 0 Å². The van der Waals surface area contributed by atoms with E-state index >= 15 is 0 Å². The highest BCUT2D eigenvalue weighted by atomic mass is 16.5. The fraction of sp³-hybridized carbons (Fsp3) is 1.00. The van der Waals surface area contributed by atoms with Crippen molar-refractivity contribution >= 4 is 0 Å². The summed E-state index contributed by atoms with van der Waals surface area (Å²) in [5.41, 5.74) is 0. The molecule has 0 aliphatic carbocycles. The van der Waals surface area contributed by atoms with Crippen LogP contribution in [0.4, 0.5) is 0 Å². The SMILES string of the molecule is CNC[C@H]1CN(CCCN(C)CC(C)C)CCO1. The Hall–Kier alpha value is -0.160. The summed E-state index contributed by atoms with van der Waals surface area (Å²) in [6.07, 6.45) is 1.63. The Morgan fingerprint density at radius 3 is 2.89 bits per heavy atom. The van der Waals surface area contributed by atoms with Crippen molar-refractivity contribution in [3.05, 3.63) is 0 Å². The van der Waals surface area contributed by atoms with E-state index in [1.807, 2.05) is 7.05 Å². The van der Waals surface area contributed by atoms with Crippen molar-refractivity contribution in [1.82, 2.24) is 15.1 Å². The third-order valence-corrected chi connectivity index (χ3v) is 3.35. The van der Waals surface area contributed by atoms with Gasteiger partial charge in [-0.3, -0.25) is 4.90 Å². The highest BCUT2D eigenvalue weighted by Crippen LogP contribution is 2.05. The summed E-state index contributed by atoms with van der Waals surface area (Å²) in [6.45, 7) is 12.2. The molecule has 1 saturated heterocycles. The van der Waals surface area contributed by atoms with Crippen LogP contribution in [0.1, 0.15) is 20.3 Å². The molecule has 0 bridgehead atoms. The number of hydrogen-bond acceptors (Lipinski definition) is 4. The fourth-order valence-corrected chi connectivity index (χ4v) is 2.61. The molecule has 1 atom stereocenters. The Morgan fingerprint density at radius 2 is 2.22 bits per heavy atom. The molecule has 1 N–H and O–H groups in total. The highest BCUT2D eigenvalue weighted by Gasteiger charge is 2.19. The Labute approximate surface area is 113 Å². The van der Waals surface area contributed by atoms with Gasteiger partial charge in [0.05, 0.1) is 12.7 Å². The average Bonchev–Trinajstić information content (AvgIpc) is 2.29. The average molecular weight is 257 g/mol. The standard InChI is InChI=1S/C14H31N3O/c1-13(2)11-16(4)6-5-7-17-8-9-18-14(12-17)10-15-3/h13-15H,5-12H2,1-4H3/t14-/m0/s1. The second kappa shape index (κ2) is 8.86. The number of likely N-dealkylation sites (N-methyl/N-ethyl adjacent to an activating group) is 1. The summed E-state index contributed by atoms with van der Waals surface area (Å²) < 4.78 is 5.71. The van der Waals surface area contributed by atoms with Crippen LogP contribution in [-0.2, 0) is 4.74 Å². The smallest absolute Gasteiger partial charge is 0.0826 e. The van der Waals surface area contributed by atoms with E-state index in [0.29, 0.717) is 6.10 Å². The monoisotopic (exact) mass is 257 g/mol. The first-order chi connectivity index (χ1) is 8.61. The lowest BCUT2D eigenvalue weighted by Crippen LogP contribution is -2.46.